The molecule has 3 heterocycles. The van der Waals surface area contributed by atoms with Gasteiger partial charge in [-0.25, -0.2) is 8.78 Å². The van der Waals surface area contributed by atoms with E-state index in [2.05, 4.69) is 0 Å². The van der Waals surface area contributed by atoms with Crippen molar-refractivity contribution in [3.63, 3.8) is 0 Å². The van der Waals surface area contributed by atoms with Gasteiger partial charge in [0.15, 0.2) is 5.82 Å². The predicted molar refractivity (Wildman–Crippen MR) is 107 cm³/mol. The van der Waals surface area contributed by atoms with Crippen LogP contribution < -0.4 is 10.2 Å². The number of carbonyl (C=O) groups excluding carboxylic acids is 4. The van der Waals surface area contributed by atoms with Crippen molar-refractivity contribution in [2.45, 2.75) is 45.2 Å². The van der Waals surface area contributed by atoms with Crippen LogP contribution in [0.25, 0.3) is 0 Å². The van der Waals surface area contributed by atoms with Gasteiger partial charge in [0.1, 0.15) is 17.5 Å². The van der Waals surface area contributed by atoms with Crippen LogP contribution in [0.5, 0.6) is 0 Å². The summed E-state index contributed by atoms with van der Waals surface area (Å²) in [7, 11) is 0. The Labute approximate surface area is 189 Å². The van der Waals surface area contributed by atoms with Gasteiger partial charge in [-0.15, -0.1) is 0 Å². The quantitative estimate of drug-likeness (QED) is 0.695. The van der Waals surface area contributed by atoms with Crippen molar-refractivity contribution in [1.82, 2.24) is 15.1 Å². The fourth-order valence-electron chi connectivity index (χ4n) is 3.45. The Kier molecular flexibility index (Phi) is 3.21. The Morgan fingerprint density at radius 1 is 1.06 bits per heavy atom. The van der Waals surface area contributed by atoms with E-state index in [9.17, 15) is 19.2 Å². The number of piperidine rings is 1. The highest BCUT2D eigenvalue weighted by Crippen LogP contribution is 2.36. The number of hydrogen-bond acceptors (Lipinski definition) is 6. The zero-order valence-electron chi connectivity index (χ0n) is 24.8. The standard InChI is InChI=1S/C21H24F2N4O4/c1-21(2,3)26-8-6-25(7-9-26)17-12(22)10-11-15(16(17)23)20(31)27(19(11)30)13-4-5-14(28)24-18(13)29/h10,13H,4-9H2,1-3H3,(H,24,28,29)/t13-/m1/s1/i6D2,7D2,8D2,9D2. The molecule has 0 spiro atoms. The van der Waals surface area contributed by atoms with E-state index in [1.54, 1.807) is 0 Å². The number of nitrogens with zero attached hydrogens (tertiary/aromatic N) is 3. The summed E-state index contributed by atoms with van der Waals surface area (Å²) in [6.45, 7) is -10.2. The second-order valence-electron chi connectivity index (χ2n) is 8.18. The minimum atomic E-state index is -3.65. The summed E-state index contributed by atoms with van der Waals surface area (Å²) in [4.78, 5) is 50.1. The van der Waals surface area contributed by atoms with Crippen molar-refractivity contribution in [1.29, 1.82) is 0 Å². The Morgan fingerprint density at radius 2 is 1.71 bits per heavy atom. The molecule has 0 aromatic heterocycles. The van der Waals surface area contributed by atoms with Crippen molar-refractivity contribution < 1.29 is 38.9 Å². The molecule has 1 aromatic rings. The maximum atomic E-state index is 16.0. The first-order valence-electron chi connectivity index (χ1n) is 13.4. The molecule has 2 fully saturated rings. The Bertz CT molecular complexity index is 1310. The summed E-state index contributed by atoms with van der Waals surface area (Å²) in [5.41, 5.74) is -5.13. The van der Waals surface area contributed by atoms with Gasteiger partial charge in [0.25, 0.3) is 11.8 Å². The number of fused-ring (bicyclic) bond motifs is 1. The van der Waals surface area contributed by atoms with Gasteiger partial charge < -0.3 is 4.90 Å². The SMILES string of the molecule is [2H]C1([2H])N(c2c(F)cc3c(c2F)C(=O)N([C@@H]2CCC(=O)NC2=O)C3=O)C([2H])([2H])C([2H])([2H])N(C(C)(C)C)C1([2H])[2H]. The van der Waals surface area contributed by atoms with E-state index in [1.807, 2.05) is 5.32 Å². The Hall–Kier alpha value is -2.88. The molecule has 4 rings (SSSR count). The van der Waals surface area contributed by atoms with Crippen LogP contribution in [0.2, 0.25) is 0 Å². The third-order valence-corrected chi connectivity index (χ3v) is 5.04. The van der Waals surface area contributed by atoms with E-state index in [0.29, 0.717) is 15.9 Å². The van der Waals surface area contributed by atoms with Crippen LogP contribution in [0.3, 0.4) is 0 Å². The summed E-state index contributed by atoms with van der Waals surface area (Å²) in [6, 6.07) is -1.22. The van der Waals surface area contributed by atoms with Crippen LogP contribution >= 0.6 is 0 Å². The Balaban J connectivity index is 1.93. The highest BCUT2D eigenvalue weighted by atomic mass is 19.1. The van der Waals surface area contributed by atoms with Crippen molar-refractivity contribution in [2.75, 3.05) is 30.9 Å². The number of piperazine rings is 1. The molecule has 3 aliphatic rings. The summed E-state index contributed by atoms with van der Waals surface area (Å²) in [6.07, 6.45) is -0.554. The average molecular weight is 442 g/mol. The monoisotopic (exact) mass is 442 g/mol. The number of benzene rings is 1. The molecule has 166 valence electrons. The third kappa shape index (κ3) is 3.48. The lowest BCUT2D eigenvalue weighted by atomic mass is 10.0. The maximum Gasteiger partial charge on any atom is 0.265 e. The zero-order chi connectivity index (χ0) is 29.8. The molecular weight excluding hydrogens is 410 g/mol. The first-order valence-corrected chi connectivity index (χ1v) is 9.37. The number of nitrogens with one attached hydrogen (secondary N) is 1. The van der Waals surface area contributed by atoms with Gasteiger partial charge in [-0.05, 0) is 33.3 Å². The van der Waals surface area contributed by atoms with E-state index in [-0.39, 0.29) is 17.7 Å². The molecular formula is C21H24F2N4O4. The molecule has 0 aliphatic carbocycles. The number of carbonyl (C=O) groups is 4. The summed E-state index contributed by atoms with van der Waals surface area (Å²) >= 11 is 0. The molecule has 0 unspecified atom stereocenters. The molecule has 1 aromatic carbocycles. The highest BCUT2D eigenvalue weighted by molar-refractivity contribution is 6.24. The second-order valence-corrected chi connectivity index (χ2v) is 8.18. The van der Waals surface area contributed by atoms with Crippen molar-refractivity contribution in [3.05, 3.63) is 28.8 Å². The molecule has 8 nitrogen and oxygen atoms in total. The van der Waals surface area contributed by atoms with Gasteiger partial charge in [0.05, 0.1) is 16.6 Å². The van der Waals surface area contributed by atoms with Gasteiger partial charge in [-0.3, -0.25) is 34.3 Å². The molecule has 4 amide bonds. The Morgan fingerprint density at radius 3 is 2.29 bits per heavy atom. The number of hydrogen-bond donors (Lipinski definition) is 1. The number of halogens is 2. The molecule has 1 N–H and O–H groups in total. The van der Waals surface area contributed by atoms with Crippen LogP contribution in [-0.2, 0) is 9.59 Å². The average Bonchev–Trinajstić information content (AvgIpc) is 2.98. The normalized spacial score (nSPS) is 33.1. The lowest BCUT2D eigenvalue weighted by Crippen LogP contribution is -2.54. The van der Waals surface area contributed by atoms with E-state index >= 15 is 8.78 Å². The maximum absolute atomic E-state index is 16.0. The molecule has 10 heteroatoms. The summed E-state index contributed by atoms with van der Waals surface area (Å²) < 4.78 is 99.3. The minimum absolute atomic E-state index is 0.255. The first kappa shape index (κ1) is 13.5. The number of anilines is 1. The highest BCUT2D eigenvalue weighted by Gasteiger charge is 2.47. The molecule has 3 aliphatic heterocycles. The fraction of sp³-hybridized carbons (Fsp3) is 0.524. The summed E-state index contributed by atoms with van der Waals surface area (Å²) in [5.74, 6) is -8.15. The molecule has 0 saturated carbocycles. The van der Waals surface area contributed by atoms with Crippen LogP contribution in [0, 0.1) is 11.6 Å². The van der Waals surface area contributed by atoms with Crippen LogP contribution in [0.4, 0.5) is 14.5 Å². The van der Waals surface area contributed by atoms with E-state index in [1.165, 1.54) is 20.8 Å². The number of rotatable bonds is 2. The van der Waals surface area contributed by atoms with Crippen molar-refractivity contribution in [2.24, 2.45) is 0 Å². The zero-order valence-corrected chi connectivity index (χ0v) is 16.8. The lowest BCUT2D eigenvalue weighted by Gasteiger charge is -2.43. The second kappa shape index (κ2) is 7.37. The van der Waals surface area contributed by atoms with E-state index < -0.39 is 89.6 Å². The number of imide groups is 2. The predicted octanol–water partition coefficient (Wildman–Crippen LogP) is 1.29. The lowest BCUT2D eigenvalue weighted by molar-refractivity contribution is -0.136. The third-order valence-electron chi connectivity index (χ3n) is 5.04. The molecule has 2 saturated heterocycles. The number of amides is 4. The topological polar surface area (TPSA) is 90.0 Å². The van der Waals surface area contributed by atoms with Gasteiger partial charge in [0, 0.05) is 43.4 Å². The van der Waals surface area contributed by atoms with Gasteiger partial charge >= 0.3 is 0 Å². The van der Waals surface area contributed by atoms with Crippen molar-refractivity contribution in [3.8, 4) is 0 Å². The van der Waals surface area contributed by atoms with Gasteiger partial charge in [-0.2, -0.15) is 0 Å². The summed E-state index contributed by atoms with van der Waals surface area (Å²) in [5, 5.41) is 1.93. The van der Waals surface area contributed by atoms with E-state index in [4.69, 9.17) is 11.0 Å². The van der Waals surface area contributed by atoms with Gasteiger partial charge in [0.2, 0.25) is 11.8 Å². The van der Waals surface area contributed by atoms with Gasteiger partial charge in [-0.1, -0.05) is 0 Å². The molecule has 0 radical (unpaired) electrons. The molecule has 1 atom stereocenters. The first-order chi connectivity index (χ1) is 17.5. The largest absolute Gasteiger partial charge is 0.364 e. The van der Waals surface area contributed by atoms with Crippen LogP contribution in [-0.4, -0.2) is 71.0 Å². The van der Waals surface area contributed by atoms with E-state index in [0.717, 1.165) is 0 Å². The molecule has 31 heavy (non-hydrogen) atoms. The fourth-order valence-corrected chi connectivity index (χ4v) is 3.45. The smallest absolute Gasteiger partial charge is 0.265 e. The minimum Gasteiger partial charge on any atom is -0.364 e. The molecule has 0 bridgehead atoms. The van der Waals surface area contributed by atoms with Crippen LogP contribution in [0.15, 0.2) is 6.07 Å². The van der Waals surface area contributed by atoms with Crippen molar-refractivity contribution >= 4 is 29.3 Å². The van der Waals surface area contributed by atoms with Crippen LogP contribution in [0.1, 0.15) is 65.3 Å².